The summed E-state index contributed by atoms with van der Waals surface area (Å²) in [7, 11) is 0. The molecule has 15 aromatic rings. The SMILES string of the molecule is [2H]c1c([2H])c([2H])c(N(c2c([2H])c([2H])c([2H])c([2H])c2[2H])c2ccc3c4c(-c5ccccc5)c5c(c(-c6ccccc6)c4n4c6ccccc6c2c34)c2ccc(N(c3c([2H])c([2H])c([2H])c([2H])c3[2H])c3c([2H])c([2H])c([2H])c([2H])c3[2H])c3c4ccccc4n5c23)c([2H])c1[2H]. The Kier molecular flexibility index (Phi) is 5.18. The molecule has 4 heteroatoms. The Morgan fingerprint density at radius 1 is 0.286 bits per heavy atom. The number of aromatic nitrogens is 2. The molecule has 4 nitrogen and oxygen atoms in total. The van der Waals surface area contributed by atoms with Crippen molar-refractivity contribution in [2.75, 3.05) is 9.80 Å². The summed E-state index contributed by atoms with van der Waals surface area (Å²) in [6.45, 7) is 0. The zero-order chi connectivity index (χ0) is 63.3. The van der Waals surface area contributed by atoms with Gasteiger partial charge in [0.1, 0.15) is 0 Å². The first-order chi connectivity index (χ1) is 43.1. The van der Waals surface area contributed by atoms with Crippen molar-refractivity contribution in [1.29, 1.82) is 0 Å². The molecule has 0 spiro atoms. The molecule has 0 aliphatic rings. The van der Waals surface area contributed by atoms with Crippen molar-refractivity contribution in [3.63, 3.8) is 0 Å². The zero-order valence-electron chi connectivity index (χ0n) is 56.5. The Labute approximate surface area is 432 Å². The van der Waals surface area contributed by atoms with E-state index >= 15 is 0 Å². The Bertz CT molecular complexity index is 5090. The first-order valence-electron chi connectivity index (χ1n) is 32.5. The van der Waals surface area contributed by atoms with Crippen molar-refractivity contribution in [1.82, 2.24) is 8.80 Å². The Balaban J connectivity index is 1.19. The van der Waals surface area contributed by atoms with Crippen molar-refractivity contribution in [3.8, 4) is 22.3 Å². The third-order valence-electron chi connectivity index (χ3n) is 13.5. The maximum absolute atomic E-state index is 9.42. The number of rotatable bonds is 8. The lowest BCUT2D eigenvalue weighted by molar-refractivity contribution is 1.30. The molecule has 0 amide bonds. The second-order valence-electron chi connectivity index (χ2n) is 16.9. The van der Waals surface area contributed by atoms with E-state index in [1.54, 1.807) is 12.1 Å². The summed E-state index contributed by atoms with van der Waals surface area (Å²) >= 11 is 0. The minimum Gasteiger partial charge on any atom is -0.310 e. The van der Waals surface area contributed by atoms with Crippen molar-refractivity contribution >= 4 is 110 Å². The first-order valence-corrected chi connectivity index (χ1v) is 22.5. The van der Waals surface area contributed by atoms with Crippen LogP contribution >= 0.6 is 0 Å². The number of nitrogens with zero attached hydrogens (tertiary/aromatic N) is 4. The standard InChI is InChI=1S/C66H42N4/c1-7-23-43(24-8-1)57-61-51-39-41-55(67(45-27-11-3-12-28-45)46-29-13-4-14-30-46)59-50-36-20-22-38-54(50)70(63(51)59)66(61)58(44-25-9-2-10-26-44)62-52-40-42-56(60-49-35-19-21-37-53(49)69(64(52)60)65(57)62)68(47-31-15-5-16-32-47)48-33-17-6-18-34-48/h1-42H/i3D,4D,5D,6D,11D,12D,13D,14D,15D,16D,17D,18D,27D,28D,29D,30D,31D,32D,33D,34D. The fourth-order valence-corrected chi connectivity index (χ4v) is 11.0. The number of fused-ring (bicyclic) bond motifs is 12. The molecule has 0 N–H and O–H groups in total. The number of anilines is 6. The van der Waals surface area contributed by atoms with E-state index < -0.39 is 144 Å². The van der Waals surface area contributed by atoms with Gasteiger partial charge in [0.05, 0.1) is 71.9 Å². The summed E-state index contributed by atoms with van der Waals surface area (Å²) in [6.07, 6.45) is 0. The highest BCUT2D eigenvalue weighted by atomic mass is 15.2. The van der Waals surface area contributed by atoms with Gasteiger partial charge >= 0.3 is 0 Å². The van der Waals surface area contributed by atoms with Gasteiger partial charge in [-0.1, -0.05) is 182 Å². The summed E-state index contributed by atoms with van der Waals surface area (Å²) in [4.78, 5) is 2.40. The smallest absolute Gasteiger partial charge is 0.0645 e. The van der Waals surface area contributed by atoms with Gasteiger partial charge in [-0.05, 0) is 83.7 Å². The van der Waals surface area contributed by atoms with Crippen molar-refractivity contribution in [2.45, 2.75) is 0 Å². The maximum Gasteiger partial charge on any atom is 0.0645 e. The lowest BCUT2D eigenvalue weighted by atomic mass is 9.89. The highest BCUT2D eigenvalue weighted by molar-refractivity contribution is 6.39. The molecule has 15 rings (SSSR count). The number of hydrogen-bond donors (Lipinski definition) is 0. The van der Waals surface area contributed by atoms with Crippen LogP contribution in [0.3, 0.4) is 0 Å². The average molecular weight is 911 g/mol. The van der Waals surface area contributed by atoms with E-state index in [1.165, 1.54) is 9.80 Å². The average Bonchev–Trinajstić information content (AvgIpc) is 1.49. The van der Waals surface area contributed by atoms with Gasteiger partial charge in [0, 0.05) is 77.0 Å². The van der Waals surface area contributed by atoms with Gasteiger partial charge in [-0.15, -0.1) is 0 Å². The molecule has 326 valence electrons. The Hall–Kier alpha value is -9.38. The molecule has 0 radical (unpaired) electrons. The predicted octanol–water partition coefficient (Wildman–Crippen LogP) is 18.3. The van der Waals surface area contributed by atoms with E-state index in [1.807, 2.05) is 121 Å². The molecule has 70 heavy (non-hydrogen) atoms. The van der Waals surface area contributed by atoms with Gasteiger partial charge in [-0.25, -0.2) is 0 Å². The molecule has 0 saturated carbocycles. The third kappa shape index (κ3) is 5.36. The summed E-state index contributed by atoms with van der Waals surface area (Å²) in [5.41, 5.74) is 5.30. The van der Waals surface area contributed by atoms with Gasteiger partial charge in [0.15, 0.2) is 0 Å². The van der Waals surface area contributed by atoms with Gasteiger partial charge in [-0.3, -0.25) is 0 Å². The molecule has 0 saturated heterocycles. The van der Waals surface area contributed by atoms with E-state index in [0.717, 1.165) is 33.0 Å². The lowest BCUT2D eigenvalue weighted by Gasteiger charge is -2.26. The van der Waals surface area contributed by atoms with E-state index in [4.69, 9.17) is 16.4 Å². The van der Waals surface area contributed by atoms with Crippen molar-refractivity contribution in [2.24, 2.45) is 0 Å². The van der Waals surface area contributed by atoms with Crippen LogP contribution in [0.15, 0.2) is 254 Å². The molecule has 4 heterocycles. The molecular formula is C66H42N4. The van der Waals surface area contributed by atoms with Gasteiger partial charge < -0.3 is 18.6 Å². The summed E-state index contributed by atoms with van der Waals surface area (Å²) in [5.74, 6) is 0. The van der Waals surface area contributed by atoms with Crippen LogP contribution in [0.2, 0.25) is 0 Å². The number of para-hydroxylation sites is 6. The molecule has 0 aliphatic heterocycles. The van der Waals surface area contributed by atoms with Crippen LogP contribution in [-0.4, -0.2) is 8.80 Å². The quantitative estimate of drug-likeness (QED) is 0.151. The fourth-order valence-electron chi connectivity index (χ4n) is 11.0. The highest BCUT2D eigenvalue weighted by Crippen LogP contribution is 2.57. The lowest BCUT2D eigenvalue weighted by Crippen LogP contribution is -2.10. The Morgan fingerprint density at radius 2 is 0.614 bits per heavy atom. The Morgan fingerprint density at radius 3 is 0.971 bits per heavy atom. The maximum atomic E-state index is 9.42. The summed E-state index contributed by atoms with van der Waals surface area (Å²) in [6, 6.07) is 27.6. The number of hydrogen-bond acceptors (Lipinski definition) is 2. The van der Waals surface area contributed by atoms with Crippen LogP contribution in [0.1, 0.15) is 27.4 Å². The molecule has 0 fully saturated rings. The van der Waals surface area contributed by atoms with E-state index in [-0.39, 0.29) is 11.4 Å². The van der Waals surface area contributed by atoms with Crippen LogP contribution < -0.4 is 9.80 Å². The van der Waals surface area contributed by atoms with E-state index in [9.17, 15) is 11.0 Å². The van der Waals surface area contributed by atoms with Crippen LogP contribution in [-0.2, 0) is 0 Å². The monoisotopic (exact) mass is 910 g/mol. The predicted molar refractivity (Wildman–Crippen MR) is 296 cm³/mol. The fraction of sp³-hybridized carbons (Fsp3) is 0. The van der Waals surface area contributed by atoms with Crippen LogP contribution in [0.4, 0.5) is 34.1 Å². The minimum atomic E-state index is -0.709. The summed E-state index contributed by atoms with van der Waals surface area (Å²) < 4.78 is 185. The molecular weight excluding hydrogens is 849 g/mol. The van der Waals surface area contributed by atoms with E-state index in [2.05, 4.69) is 8.80 Å². The molecule has 0 aliphatic carbocycles. The van der Waals surface area contributed by atoms with Gasteiger partial charge in [0.25, 0.3) is 0 Å². The van der Waals surface area contributed by atoms with Gasteiger partial charge in [-0.2, -0.15) is 0 Å². The van der Waals surface area contributed by atoms with Crippen molar-refractivity contribution in [3.05, 3.63) is 254 Å². The largest absolute Gasteiger partial charge is 0.310 e. The minimum absolute atomic E-state index is 0.141. The zero-order valence-corrected chi connectivity index (χ0v) is 36.5. The van der Waals surface area contributed by atoms with Crippen molar-refractivity contribution < 1.29 is 27.4 Å². The molecule has 4 aromatic heterocycles. The van der Waals surface area contributed by atoms with Crippen LogP contribution in [0.5, 0.6) is 0 Å². The second-order valence-corrected chi connectivity index (χ2v) is 16.9. The molecule has 11 aromatic carbocycles. The highest BCUT2D eigenvalue weighted by Gasteiger charge is 2.33. The normalized spacial score (nSPS) is 16.0. The second kappa shape index (κ2) is 15.1. The first kappa shape index (κ1) is 24.1. The van der Waals surface area contributed by atoms with Crippen LogP contribution in [0, 0.1) is 0 Å². The topological polar surface area (TPSA) is 15.3 Å². The van der Waals surface area contributed by atoms with E-state index in [0.29, 0.717) is 65.4 Å². The third-order valence-corrected chi connectivity index (χ3v) is 13.5. The number of benzene rings is 11. The van der Waals surface area contributed by atoms with Gasteiger partial charge in [0.2, 0.25) is 0 Å². The molecule has 0 unspecified atom stereocenters. The molecule has 0 bridgehead atoms. The molecule has 0 atom stereocenters. The summed E-state index contributed by atoms with van der Waals surface area (Å²) in [5, 5.41) is 4.90. The van der Waals surface area contributed by atoms with Crippen LogP contribution in [0.25, 0.3) is 98.4 Å².